The van der Waals surface area contributed by atoms with E-state index in [9.17, 15) is 48.4 Å². The lowest BCUT2D eigenvalue weighted by atomic mass is 9.93. The molecule has 0 radical (unpaired) electrons. The van der Waals surface area contributed by atoms with Gasteiger partial charge in [0.15, 0.2) is 19.7 Å². The zero-order valence-corrected chi connectivity index (χ0v) is 46.1. The van der Waals surface area contributed by atoms with Crippen LogP contribution in [0, 0.1) is 10.8 Å². The zero-order chi connectivity index (χ0) is 54.0. The van der Waals surface area contributed by atoms with Crippen molar-refractivity contribution in [3.8, 4) is 0 Å². The lowest BCUT2D eigenvalue weighted by molar-refractivity contribution is 0.0696. The van der Waals surface area contributed by atoms with Crippen molar-refractivity contribution in [2.75, 3.05) is 59.5 Å². The molecule has 4 heterocycles. The van der Waals surface area contributed by atoms with Crippen LogP contribution in [0.1, 0.15) is 125 Å². The van der Waals surface area contributed by atoms with Crippen LogP contribution in [0.15, 0.2) is 82.6 Å². The molecule has 400 valence electrons. The molecule has 8 rings (SSSR count). The van der Waals surface area contributed by atoms with Gasteiger partial charge in [0.25, 0.3) is 5.91 Å². The van der Waals surface area contributed by atoms with Gasteiger partial charge in [0, 0.05) is 61.1 Å². The minimum absolute atomic E-state index is 0.0443. The number of piperidine rings is 2. The Labute approximate surface area is 431 Å². The van der Waals surface area contributed by atoms with Crippen molar-refractivity contribution in [1.82, 2.24) is 19.4 Å². The van der Waals surface area contributed by atoms with Gasteiger partial charge < -0.3 is 26.0 Å². The van der Waals surface area contributed by atoms with E-state index in [-0.39, 0.29) is 26.9 Å². The Hall–Kier alpha value is -5.20. The standard InChI is InChI=1S/C25H34N4O5S2.C15H20N2O4S.C10H16N2O2S/c1-24(2,3)28-36(33,34)20-7-5-6-18(16-20)27-23(30)21-9-8-19(17-35(4,31)32)26-22(21)29-14-12-25(10-11-25)13-15-29;1-22(20,21)10-11-2-3-12(14(18)19)13(16-11)17-8-6-15(4-5-15)7-9-17;1-10(2,3)12-15(13,14)9-6-4-5-8(11)7-9/h5-9,16,28H,10-15,17H2,1-4H3,(H,27,30);2-3H,4-10H2,1H3,(H,18,19);4-7,12H,11H2,1-3H3. The first-order valence-corrected chi connectivity index (χ1v) is 31.2. The Morgan fingerprint density at radius 1 is 0.589 bits per heavy atom. The van der Waals surface area contributed by atoms with Crippen LogP contribution in [0.4, 0.5) is 23.0 Å². The molecule has 2 aliphatic heterocycles. The summed E-state index contributed by atoms with van der Waals surface area (Å²) < 4.78 is 101. The molecule has 73 heavy (non-hydrogen) atoms. The molecule has 6 N–H and O–H groups in total. The Kier molecular flexibility index (Phi) is 16.9. The summed E-state index contributed by atoms with van der Waals surface area (Å²) >= 11 is 0. The molecule has 2 saturated heterocycles. The van der Waals surface area contributed by atoms with E-state index in [1.807, 2.05) is 4.90 Å². The maximum atomic E-state index is 13.3. The highest BCUT2D eigenvalue weighted by Gasteiger charge is 2.46. The lowest BCUT2D eigenvalue weighted by Gasteiger charge is -2.34. The highest BCUT2D eigenvalue weighted by atomic mass is 32.2. The van der Waals surface area contributed by atoms with Gasteiger partial charge in [0.05, 0.1) is 38.2 Å². The number of rotatable bonds is 13. The van der Waals surface area contributed by atoms with E-state index >= 15 is 0 Å². The molecule has 2 aliphatic carbocycles. The summed E-state index contributed by atoms with van der Waals surface area (Å²) in [5, 5.41) is 12.1. The number of pyridine rings is 2. The third kappa shape index (κ3) is 16.9. The van der Waals surface area contributed by atoms with Crippen LogP contribution >= 0.6 is 0 Å². The van der Waals surface area contributed by atoms with Gasteiger partial charge in [-0.15, -0.1) is 0 Å². The molecule has 4 aliphatic rings. The maximum Gasteiger partial charge on any atom is 0.339 e. The Morgan fingerprint density at radius 3 is 1.37 bits per heavy atom. The van der Waals surface area contributed by atoms with E-state index in [0.29, 0.717) is 50.8 Å². The Bertz CT molecular complexity index is 3150. The number of carboxylic acid groups (broad SMARTS) is 1. The smallest absolute Gasteiger partial charge is 0.339 e. The molecule has 2 aromatic heterocycles. The first-order valence-electron chi connectivity index (χ1n) is 24.1. The SMILES string of the molecule is CC(C)(C)NS(=O)(=O)c1cccc(N)c1.CC(C)(C)NS(=O)(=O)c1cccc(NC(=O)c2ccc(CS(C)(=O)=O)nc2N2CCC3(CC2)CC3)c1.CS(=O)(=O)Cc1ccc(C(=O)O)c(N2CCC3(CC2)CC3)n1. The molecule has 0 bridgehead atoms. The molecule has 0 unspecified atom stereocenters. The first kappa shape index (κ1) is 57.1. The number of nitrogen functional groups attached to an aromatic ring is 1. The lowest BCUT2D eigenvalue weighted by Crippen LogP contribution is -2.40. The van der Waals surface area contributed by atoms with Crippen LogP contribution in [0.5, 0.6) is 0 Å². The van der Waals surface area contributed by atoms with Gasteiger partial charge in [-0.2, -0.15) is 0 Å². The second-order valence-electron chi connectivity index (χ2n) is 22.0. The number of anilines is 4. The second kappa shape index (κ2) is 21.6. The summed E-state index contributed by atoms with van der Waals surface area (Å²) in [7, 11) is -13.7. The van der Waals surface area contributed by atoms with Gasteiger partial charge in [-0.3, -0.25) is 4.79 Å². The number of hydrogen-bond acceptors (Lipinski definition) is 15. The number of sulfonamides is 2. The average molecular weight is 1090 g/mol. The quantitative estimate of drug-likeness (QED) is 0.0907. The number of nitrogens with zero attached hydrogens (tertiary/aromatic N) is 4. The number of nitrogens with one attached hydrogen (secondary N) is 3. The predicted molar refractivity (Wildman–Crippen MR) is 284 cm³/mol. The fourth-order valence-corrected chi connectivity index (χ4v) is 13.1. The number of amides is 1. The van der Waals surface area contributed by atoms with Crippen LogP contribution in [-0.2, 0) is 51.2 Å². The van der Waals surface area contributed by atoms with Crippen molar-refractivity contribution in [2.45, 2.75) is 125 Å². The van der Waals surface area contributed by atoms with E-state index < -0.39 is 62.7 Å². The van der Waals surface area contributed by atoms with Crippen molar-refractivity contribution in [2.24, 2.45) is 10.8 Å². The minimum atomic E-state index is -3.77. The molecule has 2 aromatic carbocycles. The average Bonchev–Trinajstić information content (AvgIpc) is 4.20. The van der Waals surface area contributed by atoms with Crippen LogP contribution < -0.4 is 30.3 Å². The van der Waals surface area contributed by atoms with Crippen LogP contribution in [0.25, 0.3) is 0 Å². The Morgan fingerprint density at radius 2 is 0.986 bits per heavy atom. The topological polar surface area (TPSA) is 285 Å². The summed E-state index contributed by atoms with van der Waals surface area (Å²) in [6, 6.07) is 18.4. The van der Waals surface area contributed by atoms with Crippen molar-refractivity contribution < 1.29 is 48.4 Å². The molecule has 2 spiro atoms. The third-order valence-corrected chi connectivity index (χ3v) is 17.9. The number of hydrogen-bond donors (Lipinski definition) is 5. The maximum absolute atomic E-state index is 13.3. The van der Waals surface area contributed by atoms with Crippen LogP contribution in [-0.4, -0.2) is 110 Å². The largest absolute Gasteiger partial charge is 0.478 e. The van der Waals surface area contributed by atoms with E-state index in [1.165, 1.54) is 62.1 Å². The van der Waals surface area contributed by atoms with Crippen molar-refractivity contribution in [3.63, 3.8) is 0 Å². The number of sulfone groups is 2. The number of carbonyl (C=O) groups excluding carboxylic acids is 1. The van der Waals surface area contributed by atoms with Crippen molar-refractivity contribution >= 4 is 74.6 Å². The summed E-state index contributed by atoms with van der Waals surface area (Å²) in [5.74, 6) is -0.974. The van der Waals surface area contributed by atoms with Crippen LogP contribution in [0.2, 0.25) is 0 Å². The van der Waals surface area contributed by atoms with Gasteiger partial charge in [0.2, 0.25) is 20.0 Å². The van der Waals surface area contributed by atoms with Gasteiger partial charge in [0.1, 0.15) is 17.2 Å². The molecule has 1 amide bonds. The highest BCUT2D eigenvalue weighted by Crippen LogP contribution is 2.55. The number of nitrogens with two attached hydrogens (primary N) is 1. The highest BCUT2D eigenvalue weighted by molar-refractivity contribution is 7.90. The summed E-state index contributed by atoms with van der Waals surface area (Å²) in [5.41, 5.74) is 7.31. The van der Waals surface area contributed by atoms with Gasteiger partial charge >= 0.3 is 5.97 Å². The fraction of sp³-hybridized carbons (Fsp3) is 0.520. The Balaban J connectivity index is 0.000000199. The third-order valence-electron chi connectivity index (χ3n) is 12.8. The molecule has 23 heteroatoms. The molecule has 4 aromatic rings. The van der Waals surface area contributed by atoms with E-state index in [1.54, 1.807) is 77.9 Å². The summed E-state index contributed by atoms with van der Waals surface area (Å²) in [6.45, 7) is 13.7. The van der Waals surface area contributed by atoms with Gasteiger partial charge in [-0.05, 0) is 164 Å². The fourth-order valence-electron chi connectivity index (χ4n) is 8.78. The van der Waals surface area contributed by atoms with E-state index in [0.717, 1.165) is 64.4 Å². The number of aromatic carboxylic acids is 1. The monoisotopic (exact) mass is 1090 g/mol. The number of aromatic nitrogens is 2. The molecule has 2 saturated carbocycles. The molecule has 0 atom stereocenters. The number of carboxylic acids is 1. The van der Waals surface area contributed by atoms with Gasteiger partial charge in [-0.25, -0.2) is 57.9 Å². The van der Waals surface area contributed by atoms with Gasteiger partial charge in [-0.1, -0.05) is 12.1 Å². The number of carbonyl (C=O) groups is 2. The molecule has 4 fully saturated rings. The predicted octanol–water partition coefficient (Wildman–Crippen LogP) is 6.39. The second-order valence-corrected chi connectivity index (χ2v) is 29.7. The zero-order valence-electron chi connectivity index (χ0n) is 42.9. The van der Waals surface area contributed by atoms with Crippen molar-refractivity contribution in [1.29, 1.82) is 0 Å². The van der Waals surface area contributed by atoms with E-state index in [4.69, 9.17) is 5.73 Å². The summed E-state index contributed by atoms with van der Waals surface area (Å²) in [6.07, 6.45) is 11.5. The molecular weight excluding hydrogens is 1020 g/mol. The first-order chi connectivity index (χ1) is 33.6. The normalized spacial score (nSPS) is 17.4. The van der Waals surface area contributed by atoms with E-state index in [2.05, 4.69) is 29.6 Å². The summed E-state index contributed by atoms with van der Waals surface area (Å²) in [4.78, 5) is 38.0. The minimum Gasteiger partial charge on any atom is -0.478 e. The molecule has 19 nitrogen and oxygen atoms in total. The molecular formula is C50H70N8O11S4. The number of benzene rings is 2. The van der Waals surface area contributed by atoms with Crippen molar-refractivity contribution in [3.05, 3.63) is 95.3 Å². The van der Waals surface area contributed by atoms with Crippen LogP contribution in [0.3, 0.4) is 0 Å².